The number of aromatic hydroxyl groups is 1. The molecule has 1 amide bonds. The van der Waals surface area contributed by atoms with E-state index >= 15 is 0 Å². The van der Waals surface area contributed by atoms with Crippen LogP contribution < -0.4 is 10.1 Å². The molecule has 1 heterocycles. The standard InChI is InChI=1S/C24H22N2O4/c1-14-10-16(3)23-19(11-14)26-24(30-23)18-12-17(8-9-20(18)27)25-22(28)13-29-21-7-5-4-6-15(21)2/h4-12,27H,13H2,1-3H3,(H,25,28). The molecular weight excluding hydrogens is 380 g/mol. The van der Waals surface area contributed by atoms with Gasteiger partial charge in [0, 0.05) is 5.69 Å². The lowest BCUT2D eigenvalue weighted by atomic mass is 10.1. The maximum atomic E-state index is 12.3. The van der Waals surface area contributed by atoms with Gasteiger partial charge in [0.1, 0.15) is 17.0 Å². The van der Waals surface area contributed by atoms with E-state index in [1.54, 1.807) is 12.1 Å². The van der Waals surface area contributed by atoms with E-state index in [1.807, 2.05) is 57.2 Å². The van der Waals surface area contributed by atoms with Crippen molar-refractivity contribution in [2.24, 2.45) is 0 Å². The van der Waals surface area contributed by atoms with E-state index in [2.05, 4.69) is 10.3 Å². The Hall–Kier alpha value is -3.80. The largest absolute Gasteiger partial charge is 0.507 e. The molecule has 0 bridgehead atoms. The van der Waals surface area contributed by atoms with Gasteiger partial charge in [-0.15, -0.1) is 0 Å². The maximum Gasteiger partial charge on any atom is 0.262 e. The third kappa shape index (κ3) is 3.98. The molecule has 30 heavy (non-hydrogen) atoms. The summed E-state index contributed by atoms with van der Waals surface area (Å²) in [7, 11) is 0. The summed E-state index contributed by atoms with van der Waals surface area (Å²) < 4.78 is 11.5. The number of carbonyl (C=O) groups excluding carboxylic acids is 1. The number of amides is 1. The second-order valence-electron chi connectivity index (χ2n) is 7.28. The number of ether oxygens (including phenoxy) is 1. The zero-order chi connectivity index (χ0) is 21.3. The average Bonchev–Trinajstić information content (AvgIpc) is 3.13. The molecular formula is C24H22N2O4. The monoisotopic (exact) mass is 402 g/mol. The number of aromatic nitrogens is 1. The predicted molar refractivity (Wildman–Crippen MR) is 116 cm³/mol. The minimum Gasteiger partial charge on any atom is -0.507 e. The van der Waals surface area contributed by atoms with Gasteiger partial charge in [0.2, 0.25) is 5.89 Å². The number of aryl methyl sites for hydroxylation is 3. The zero-order valence-corrected chi connectivity index (χ0v) is 17.0. The third-order valence-electron chi connectivity index (χ3n) is 4.78. The Bertz CT molecular complexity index is 1240. The van der Waals surface area contributed by atoms with Crippen LogP contribution in [0.3, 0.4) is 0 Å². The number of phenolic OH excluding ortho intramolecular Hbond substituents is 1. The molecule has 2 N–H and O–H groups in total. The number of nitrogens with one attached hydrogen (secondary N) is 1. The lowest BCUT2D eigenvalue weighted by molar-refractivity contribution is -0.118. The molecule has 6 heteroatoms. The number of carbonyl (C=O) groups is 1. The molecule has 0 aliphatic rings. The first-order valence-corrected chi connectivity index (χ1v) is 9.60. The van der Waals surface area contributed by atoms with Gasteiger partial charge in [-0.05, 0) is 67.8 Å². The molecule has 0 atom stereocenters. The summed E-state index contributed by atoms with van der Waals surface area (Å²) in [4.78, 5) is 16.8. The highest BCUT2D eigenvalue weighted by Crippen LogP contribution is 2.34. The van der Waals surface area contributed by atoms with Crippen molar-refractivity contribution in [1.29, 1.82) is 0 Å². The Morgan fingerprint density at radius 2 is 1.87 bits per heavy atom. The van der Waals surface area contributed by atoms with E-state index in [-0.39, 0.29) is 18.3 Å². The van der Waals surface area contributed by atoms with Crippen LogP contribution in [0.5, 0.6) is 11.5 Å². The van der Waals surface area contributed by atoms with E-state index in [0.29, 0.717) is 28.5 Å². The second kappa shape index (κ2) is 7.91. The minimum atomic E-state index is -0.307. The van der Waals surface area contributed by atoms with Crippen LogP contribution in [0.15, 0.2) is 59.0 Å². The van der Waals surface area contributed by atoms with Crippen molar-refractivity contribution in [2.75, 3.05) is 11.9 Å². The number of hydrogen-bond acceptors (Lipinski definition) is 5. The number of hydrogen-bond donors (Lipinski definition) is 2. The van der Waals surface area contributed by atoms with E-state index in [4.69, 9.17) is 9.15 Å². The zero-order valence-electron chi connectivity index (χ0n) is 17.0. The molecule has 0 saturated heterocycles. The number of fused-ring (bicyclic) bond motifs is 1. The molecule has 4 aromatic rings. The van der Waals surface area contributed by atoms with Crippen molar-refractivity contribution < 1.29 is 19.1 Å². The fourth-order valence-electron chi connectivity index (χ4n) is 3.34. The van der Waals surface area contributed by atoms with Crippen LogP contribution in [0.25, 0.3) is 22.6 Å². The Morgan fingerprint density at radius 1 is 1.07 bits per heavy atom. The lowest BCUT2D eigenvalue weighted by Crippen LogP contribution is -2.20. The highest BCUT2D eigenvalue weighted by Gasteiger charge is 2.15. The van der Waals surface area contributed by atoms with Crippen molar-refractivity contribution >= 4 is 22.7 Å². The number of oxazole rings is 1. The van der Waals surface area contributed by atoms with Gasteiger partial charge >= 0.3 is 0 Å². The van der Waals surface area contributed by atoms with Gasteiger partial charge < -0.3 is 19.6 Å². The number of para-hydroxylation sites is 1. The van der Waals surface area contributed by atoms with Crippen LogP contribution in [0, 0.1) is 20.8 Å². The summed E-state index contributed by atoms with van der Waals surface area (Å²) in [6.07, 6.45) is 0. The molecule has 0 aliphatic carbocycles. The van der Waals surface area contributed by atoms with Crippen LogP contribution in [0.2, 0.25) is 0 Å². The maximum absolute atomic E-state index is 12.3. The number of rotatable bonds is 5. The predicted octanol–water partition coefficient (Wildman–Crippen LogP) is 5.14. The molecule has 0 saturated carbocycles. The molecule has 3 aromatic carbocycles. The second-order valence-corrected chi connectivity index (χ2v) is 7.28. The normalized spacial score (nSPS) is 10.9. The molecule has 0 radical (unpaired) electrons. The smallest absolute Gasteiger partial charge is 0.262 e. The quantitative estimate of drug-likeness (QED) is 0.451. The van der Waals surface area contributed by atoms with Gasteiger partial charge in [0.05, 0.1) is 5.56 Å². The topological polar surface area (TPSA) is 84.6 Å². The van der Waals surface area contributed by atoms with E-state index in [1.165, 1.54) is 6.07 Å². The van der Waals surface area contributed by atoms with Crippen LogP contribution in [-0.2, 0) is 4.79 Å². The molecule has 6 nitrogen and oxygen atoms in total. The molecule has 1 aromatic heterocycles. The highest BCUT2D eigenvalue weighted by atomic mass is 16.5. The minimum absolute atomic E-state index is 0.0186. The SMILES string of the molecule is Cc1cc(C)c2oc(-c3cc(NC(=O)COc4ccccc4C)ccc3O)nc2c1. The number of phenols is 1. The van der Waals surface area contributed by atoms with Crippen molar-refractivity contribution in [3.8, 4) is 23.0 Å². The van der Waals surface area contributed by atoms with Gasteiger partial charge in [-0.2, -0.15) is 0 Å². The van der Waals surface area contributed by atoms with Crippen LogP contribution in [0.1, 0.15) is 16.7 Å². The van der Waals surface area contributed by atoms with Gasteiger partial charge in [-0.3, -0.25) is 4.79 Å². The van der Waals surface area contributed by atoms with E-state index in [0.717, 1.165) is 22.2 Å². The van der Waals surface area contributed by atoms with Crippen molar-refractivity contribution in [3.05, 3.63) is 71.3 Å². The summed E-state index contributed by atoms with van der Waals surface area (Å²) >= 11 is 0. The molecule has 152 valence electrons. The molecule has 0 spiro atoms. The first kappa shape index (κ1) is 19.5. The van der Waals surface area contributed by atoms with Crippen LogP contribution >= 0.6 is 0 Å². The highest BCUT2D eigenvalue weighted by molar-refractivity contribution is 5.93. The molecule has 0 unspecified atom stereocenters. The Morgan fingerprint density at radius 3 is 2.67 bits per heavy atom. The Labute approximate surface area is 174 Å². The molecule has 0 fully saturated rings. The van der Waals surface area contributed by atoms with Crippen molar-refractivity contribution in [2.45, 2.75) is 20.8 Å². The van der Waals surface area contributed by atoms with Gasteiger partial charge in [0.15, 0.2) is 12.2 Å². The number of benzene rings is 3. The van der Waals surface area contributed by atoms with Gasteiger partial charge in [0.25, 0.3) is 5.91 Å². The third-order valence-corrected chi connectivity index (χ3v) is 4.78. The first-order valence-electron chi connectivity index (χ1n) is 9.60. The van der Waals surface area contributed by atoms with Crippen LogP contribution in [-0.4, -0.2) is 22.6 Å². The number of anilines is 1. The van der Waals surface area contributed by atoms with Gasteiger partial charge in [-0.1, -0.05) is 24.3 Å². The van der Waals surface area contributed by atoms with E-state index in [9.17, 15) is 9.90 Å². The van der Waals surface area contributed by atoms with Crippen molar-refractivity contribution in [1.82, 2.24) is 4.98 Å². The summed E-state index contributed by atoms with van der Waals surface area (Å²) in [5, 5.41) is 13.1. The van der Waals surface area contributed by atoms with E-state index < -0.39 is 0 Å². The van der Waals surface area contributed by atoms with Crippen LogP contribution in [0.4, 0.5) is 5.69 Å². The summed E-state index contributed by atoms with van der Waals surface area (Å²) in [5.41, 5.74) is 5.33. The molecule has 0 aliphatic heterocycles. The average molecular weight is 402 g/mol. The molecule has 4 rings (SSSR count). The number of nitrogens with zero attached hydrogens (tertiary/aromatic N) is 1. The fourth-order valence-corrected chi connectivity index (χ4v) is 3.34. The van der Waals surface area contributed by atoms with Crippen molar-refractivity contribution in [3.63, 3.8) is 0 Å². The summed E-state index contributed by atoms with van der Waals surface area (Å²) in [6, 6.07) is 16.2. The summed E-state index contributed by atoms with van der Waals surface area (Å²) in [6.45, 7) is 5.74. The Balaban J connectivity index is 1.54. The summed E-state index contributed by atoms with van der Waals surface area (Å²) in [5.74, 6) is 0.670. The fraction of sp³-hybridized carbons (Fsp3) is 0.167. The lowest BCUT2D eigenvalue weighted by Gasteiger charge is -2.10. The van der Waals surface area contributed by atoms with Gasteiger partial charge in [-0.25, -0.2) is 4.98 Å². The first-order chi connectivity index (χ1) is 14.4. The Kier molecular flexibility index (Phi) is 5.14.